The predicted molar refractivity (Wildman–Crippen MR) is 74.5 cm³/mol. The number of ether oxygens (including phenoxy) is 3. The highest BCUT2D eigenvalue weighted by Gasteiger charge is 2.17. The number of benzene rings is 1. The second-order valence-electron chi connectivity index (χ2n) is 5.02. The lowest BCUT2D eigenvalue weighted by atomic mass is 10.0. The van der Waals surface area contributed by atoms with Gasteiger partial charge in [0.25, 0.3) is 0 Å². The average Bonchev–Trinajstić information content (AvgIpc) is 2.91. The Morgan fingerprint density at radius 3 is 3.00 bits per heavy atom. The maximum Gasteiger partial charge on any atom is 0.123 e. The van der Waals surface area contributed by atoms with Crippen molar-refractivity contribution >= 4 is 0 Å². The number of methoxy groups -OCH3 is 1. The molecule has 1 saturated heterocycles. The van der Waals surface area contributed by atoms with E-state index in [1.165, 1.54) is 5.56 Å². The Hall–Kier alpha value is -1.10. The quantitative estimate of drug-likeness (QED) is 0.856. The van der Waals surface area contributed by atoms with Gasteiger partial charge in [0, 0.05) is 12.2 Å². The smallest absolute Gasteiger partial charge is 0.123 e. The van der Waals surface area contributed by atoms with Crippen LogP contribution in [0.15, 0.2) is 18.2 Å². The Labute approximate surface area is 114 Å². The summed E-state index contributed by atoms with van der Waals surface area (Å²) in [7, 11) is 1.66. The first-order chi connectivity index (χ1) is 9.20. The molecule has 0 radical (unpaired) electrons. The van der Waals surface area contributed by atoms with Gasteiger partial charge in [0.05, 0.1) is 32.5 Å². The summed E-state index contributed by atoms with van der Waals surface area (Å²) < 4.78 is 16.5. The van der Waals surface area contributed by atoms with Gasteiger partial charge in [0.2, 0.25) is 0 Å². The fraction of sp³-hybridized carbons (Fsp3) is 0.600. The summed E-state index contributed by atoms with van der Waals surface area (Å²) in [6.07, 6.45) is 2.46. The van der Waals surface area contributed by atoms with E-state index in [0.717, 1.165) is 30.8 Å². The lowest BCUT2D eigenvalue weighted by Gasteiger charge is -2.18. The van der Waals surface area contributed by atoms with Gasteiger partial charge in [-0.05, 0) is 25.8 Å². The molecule has 0 aromatic heterocycles. The number of hydrogen-bond donors (Lipinski definition) is 1. The van der Waals surface area contributed by atoms with Crippen molar-refractivity contribution < 1.29 is 14.2 Å². The lowest BCUT2D eigenvalue weighted by Crippen LogP contribution is -2.22. The molecule has 0 amide bonds. The van der Waals surface area contributed by atoms with E-state index in [1.54, 1.807) is 7.11 Å². The van der Waals surface area contributed by atoms with Gasteiger partial charge in [0.1, 0.15) is 5.75 Å². The van der Waals surface area contributed by atoms with Crippen LogP contribution in [0.1, 0.15) is 30.0 Å². The molecule has 1 aliphatic heterocycles. The molecule has 2 atom stereocenters. The topological polar surface area (TPSA) is 53.7 Å². The maximum absolute atomic E-state index is 6.18. The molecule has 4 heteroatoms. The largest absolute Gasteiger partial charge is 0.496 e. The van der Waals surface area contributed by atoms with E-state index in [-0.39, 0.29) is 12.1 Å². The van der Waals surface area contributed by atoms with Crippen LogP contribution >= 0.6 is 0 Å². The summed E-state index contributed by atoms with van der Waals surface area (Å²) in [5, 5.41) is 0. The molecular formula is C15H23NO3. The van der Waals surface area contributed by atoms with Crippen LogP contribution in [-0.4, -0.2) is 33.0 Å². The first-order valence-electron chi connectivity index (χ1n) is 6.80. The molecule has 2 unspecified atom stereocenters. The van der Waals surface area contributed by atoms with E-state index in [4.69, 9.17) is 19.9 Å². The van der Waals surface area contributed by atoms with E-state index in [2.05, 4.69) is 6.07 Å². The Morgan fingerprint density at radius 2 is 2.32 bits per heavy atom. The second kappa shape index (κ2) is 6.89. The molecule has 0 spiro atoms. The van der Waals surface area contributed by atoms with Crippen molar-refractivity contribution in [1.29, 1.82) is 0 Å². The minimum atomic E-state index is -0.170. The van der Waals surface area contributed by atoms with Crippen molar-refractivity contribution in [2.45, 2.75) is 31.9 Å². The standard InChI is InChI=1S/C15H23NO3/c1-11-5-6-15(17-2)13(8-11)14(16)10-18-9-12-4-3-7-19-12/h5-6,8,12,14H,3-4,7,9-10,16H2,1-2H3. The zero-order chi connectivity index (χ0) is 13.7. The van der Waals surface area contributed by atoms with Crippen LogP contribution in [0.5, 0.6) is 5.75 Å². The van der Waals surface area contributed by atoms with Crippen molar-refractivity contribution in [1.82, 2.24) is 0 Å². The summed E-state index contributed by atoms with van der Waals surface area (Å²) >= 11 is 0. The van der Waals surface area contributed by atoms with Crippen molar-refractivity contribution in [2.24, 2.45) is 5.73 Å². The van der Waals surface area contributed by atoms with Crippen LogP contribution < -0.4 is 10.5 Å². The highest BCUT2D eigenvalue weighted by molar-refractivity contribution is 5.39. The van der Waals surface area contributed by atoms with Crippen LogP contribution in [0.2, 0.25) is 0 Å². The monoisotopic (exact) mass is 265 g/mol. The fourth-order valence-corrected chi connectivity index (χ4v) is 2.34. The van der Waals surface area contributed by atoms with Gasteiger partial charge in [-0.3, -0.25) is 0 Å². The van der Waals surface area contributed by atoms with Gasteiger partial charge in [-0.25, -0.2) is 0 Å². The van der Waals surface area contributed by atoms with Crippen molar-refractivity contribution in [3.05, 3.63) is 29.3 Å². The van der Waals surface area contributed by atoms with Gasteiger partial charge < -0.3 is 19.9 Å². The molecule has 0 bridgehead atoms. The van der Waals surface area contributed by atoms with Gasteiger partial charge >= 0.3 is 0 Å². The van der Waals surface area contributed by atoms with Crippen LogP contribution in [0.25, 0.3) is 0 Å². The summed E-state index contributed by atoms with van der Waals surface area (Å²) in [4.78, 5) is 0. The number of aryl methyl sites for hydroxylation is 1. The average molecular weight is 265 g/mol. The molecule has 0 saturated carbocycles. The number of rotatable bonds is 6. The SMILES string of the molecule is COc1ccc(C)cc1C(N)COCC1CCCO1. The number of nitrogens with two attached hydrogens (primary N) is 1. The highest BCUT2D eigenvalue weighted by atomic mass is 16.5. The first-order valence-corrected chi connectivity index (χ1v) is 6.80. The molecule has 106 valence electrons. The van der Waals surface area contributed by atoms with E-state index in [9.17, 15) is 0 Å². The lowest BCUT2D eigenvalue weighted by molar-refractivity contribution is 0.0128. The molecular weight excluding hydrogens is 242 g/mol. The summed E-state index contributed by atoms with van der Waals surface area (Å²) in [6.45, 7) is 4.01. The van der Waals surface area contributed by atoms with Gasteiger partial charge in [-0.15, -0.1) is 0 Å². The molecule has 1 aromatic carbocycles. The second-order valence-corrected chi connectivity index (χ2v) is 5.02. The van der Waals surface area contributed by atoms with Gasteiger partial charge in [-0.1, -0.05) is 17.7 Å². The van der Waals surface area contributed by atoms with Crippen molar-refractivity contribution in [2.75, 3.05) is 26.9 Å². The first kappa shape index (κ1) is 14.3. The summed E-state index contributed by atoms with van der Waals surface area (Å²) in [5.74, 6) is 0.818. The van der Waals surface area contributed by atoms with Crippen LogP contribution in [0, 0.1) is 6.92 Å². The Balaban J connectivity index is 1.87. The summed E-state index contributed by atoms with van der Waals surface area (Å²) in [5.41, 5.74) is 8.35. The molecule has 1 aromatic rings. The molecule has 2 N–H and O–H groups in total. The fourth-order valence-electron chi connectivity index (χ4n) is 2.34. The minimum Gasteiger partial charge on any atom is -0.496 e. The van der Waals surface area contributed by atoms with E-state index >= 15 is 0 Å². The van der Waals surface area contributed by atoms with Crippen molar-refractivity contribution in [3.8, 4) is 5.75 Å². The molecule has 1 heterocycles. The molecule has 2 rings (SSSR count). The van der Waals surface area contributed by atoms with E-state index in [1.807, 2.05) is 19.1 Å². The van der Waals surface area contributed by atoms with Crippen molar-refractivity contribution in [3.63, 3.8) is 0 Å². The Morgan fingerprint density at radius 1 is 1.47 bits per heavy atom. The minimum absolute atomic E-state index is 0.170. The molecule has 1 aliphatic rings. The summed E-state index contributed by atoms with van der Waals surface area (Å²) in [6, 6.07) is 5.85. The zero-order valence-electron chi connectivity index (χ0n) is 11.7. The molecule has 4 nitrogen and oxygen atoms in total. The molecule has 19 heavy (non-hydrogen) atoms. The maximum atomic E-state index is 6.18. The van der Waals surface area contributed by atoms with Gasteiger partial charge in [0.15, 0.2) is 0 Å². The third-order valence-electron chi connectivity index (χ3n) is 3.41. The van der Waals surface area contributed by atoms with E-state index in [0.29, 0.717) is 13.2 Å². The van der Waals surface area contributed by atoms with Crippen LogP contribution in [-0.2, 0) is 9.47 Å². The molecule has 0 aliphatic carbocycles. The predicted octanol–water partition coefficient (Wildman–Crippen LogP) is 2.20. The third-order valence-corrected chi connectivity index (χ3v) is 3.41. The highest BCUT2D eigenvalue weighted by Crippen LogP contribution is 2.25. The van der Waals surface area contributed by atoms with E-state index < -0.39 is 0 Å². The van der Waals surface area contributed by atoms with Crippen LogP contribution in [0.4, 0.5) is 0 Å². The molecule has 1 fully saturated rings. The Kier molecular flexibility index (Phi) is 5.19. The third kappa shape index (κ3) is 3.93. The van der Waals surface area contributed by atoms with Gasteiger partial charge in [-0.2, -0.15) is 0 Å². The Bertz CT molecular complexity index is 402. The number of hydrogen-bond acceptors (Lipinski definition) is 4. The normalized spacial score (nSPS) is 20.5. The van der Waals surface area contributed by atoms with Crippen LogP contribution in [0.3, 0.4) is 0 Å². The zero-order valence-corrected chi connectivity index (χ0v) is 11.7.